The zero-order valence-electron chi connectivity index (χ0n) is 20.7. The zero-order chi connectivity index (χ0) is 25.4. The largest absolute Gasteiger partial charge is 0.342 e. The van der Waals surface area contributed by atoms with Gasteiger partial charge in [-0.25, -0.2) is 9.37 Å². The maximum Gasteiger partial charge on any atom is 0.255 e. The molecular formula is C31H29FN4O. The molecule has 1 atom stereocenters. The van der Waals surface area contributed by atoms with E-state index in [1.807, 2.05) is 54.7 Å². The summed E-state index contributed by atoms with van der Waals surface area (Å²) >= 11 is 0. The third-order valence-corrected chi connectivity index (χ3v) is 7.88. The van der Waals surface area contributed by atoms with Crippen molar-refractivity contribution in [2.45, 2.75) is 44.4 Å². The number of nitrogens with zero attached hydrogens (tertiary/aromatic N) is 2. The molecule has 0 radical (unpaired) electrons. The highest BCUT2D eigenvalue weighted by molar-refractivity contribution is 6.05. The number of carbonyl (C=O) groups excluding carboxylic acids is 1. The smallest absolute Gasteiger partial charge is 0.255 e. The van der Waals surface area contributed by atoms with Crippen molar-refractivity contribution in [1.29, 1.82) is 0 Å². The van der Waals surface area contributed by atoms with Gasteiger partial charge in [0.25, 0.3) is 5.91 Å². The van der Waals surface area contributed by atoms with Crippen molar-refractivity contribution in [3.05, 3.63) is 102 Å². The van der Waals surface area contributed by atoms with Crippen LogP contribution in [0.2, 0.25) is 0 Å². The molecule has 2 heterocycles. The zero-order valence-corrected chi connectivity index (χ0v) is 20.7. The van der Waals surface area contributed by atoms with Gasteiger partial charge in [-0.2, -0.15) is 0 Å². The number of para-hydroxylation sites is 1. The van der Waals surface area contributed by atoms with E-state index in [0.717, 1.165) is 59.1 Å². The number of anilines is 1. The summed E-state index contributed by atoms with van der Waals surface area (Å²) in [5, 5.41) is 3.87. The van der Waals surface area contributed by atoms with Gasteiger partial charge in [-0.3, -0.25) is 9.78 Å². The minimum Gasteiger partial charge on any atom is -0.342 e. The highest BCUT2D eigenvalue weighted by Crippen LogP contribution is 2.43. The van der Waals surface area contributed by atoms with E-state index in [-0.39, 0.29) is 17.6 Å². The lowest BCUT2D eigenvalue weighted by Gasteiger charge is -2.32. The third kappa shape index (κ3) is 4.71. The van der Waals surface area contributed by atoms with E-state index in [0.29, 0.717) is 17.4 Å². The van der Waals surface area contributed by atoms with Crippen molar-refractivity contribution < 1.29 is 9.18 Å². The van der Waals surface area contributed by atoms with E-state index in [1.165, 1.54) is 11.6 Å². The Morgan fingerprint density at radius 1 is 0.973 bits per heavy atom. The summed E-state index contributed by atoms with van der Waals surface area (Å²) in [5.41, 5.74) is 5.18. The van der Waals surface area contributed by atoms with Crippen molar-refractivity contribution in [1.82, 2.24) is 15.0 Å². The van der Waals surface area contributed by atoms with Gasteiger partial charge in [0.05, 0.1) is 16.6 Å². The number of benzene rings is 3. The lowest BCUT2D eigenvalue weighted by atomic mass is 9.73. The normalized spacial score (nSPS) is 18.6. The maximum absolute atomic E-state index is 13.9. The predicted octanol–water partition coefficient (Wildman–Crippen LogP) is 7.58. The van der Waals surface area contributed by atoms with Crippen LogP contribution in [0.4, 0.5) is 10.1 Å². The lowest BCUT2D eigenvalue weighted by Crippen LogP contribution is -2.19. The molecule has 1 amide bonds. The Morgan fingerprint density at radius 2 is 1.76 bits per heavy atom. The highest BCUT2D eigenvalue weighted by atomic mass is 19.1. The molecular weight excluding hydrogens is 463 g/mol. The molecule has 5 nitrogen and oxygen atoms in total. The minimum atomic E-state index is -0.213. The fourth-order valence-electron chi connectivity index (χ4n) is 5.76. The van der Waals surface area contributed by atoms with Crippen LogP contribution < -0.4 is 5.32 Å². The Balaban J connectivity index is 1.15. The van der Waals surface area contributed by atoms with Crippen molar-refractivity contribution in [3.63, 3.8) is 0 Å². The molecule has 1 aliphatic carbocycles. The van der Waals surface area contributed by atoms with E-state index in [4.69, 9.17) is 4.98 Å². The van der Waals surface area contributed by atoms with Crippen LogP contribution in [-0.2, 0) is 0 Å². The number of halogens is 1. The lowest BCUT2D eigenvalue weighted by molar-refractivity contribution is 0.102. The second kappa shape index (κ2) is 9.77. The highest BCUT2D eigenvalue weighted by Gasteiger charge is 2.29. The SMILES string of the molecule is C[C@@H](c1nc2ccc(C(=O)Nc3ccccc3)cc2[nH]1)[C@H]1CC[C@H](c2ccnc3ccc(F)cc32)CC1. The molecule has 186 valence electrons. The van der Waals surface area contributed by atoms with Crippen molar-refractivity contribution in [2.75, 3.05) is 5.32 Å². The summed E-state index contributed by atoms with van der Waals surface area (Å²) in [4.78, 5) is 25.5. The Morgan fingerprint density at radius 3 is 2.57 bits per heavy atom. The number of rotatable bonds is 5. The third-order valence-electron chi connectivity index (χ3n) is 7.88. The van der Waals surface area contributed by atoms with Crippen LogP contribution in [0, 0.1) is 11.7 Å². The van der Waals surface area contributed by atoms with E-state index in [1.54, 1.807) is 12.1 Å². The van der Waals surface area contributed by atoms with Gasteiger partial charge >= 0.3 is 0 Å². The van der Waals surface area contributed by atoms with E-state index < -0.39 is 0 Å². The molecule has 1 fully saturated rings. The van der Waals surface area contributed by atoms with Gasteiger partial charge in [-0.15, -0.1) is 0 Å². The number of amides is 1. The molecule has 3 aromatic carbocycles. The molecule has 2 aromatic heterocycles. The number of carbonyl (C=O) groups is 1. The molecule has 1 aliphatic rings. The molecule has 0 spiro atoms. The first-order valence-corrected chi connectivity index (χ1v) is 13.0. The number of hydrogen-bond donors (Lipinski definition) is 2. The number of hydrogen-bond acceptors (Lipinski definition) is 3. The number of nitrogens with one attached hydrogen (secondary N) is 2. The van der Waals surface area contributed by atoms with Crippen molar-refractivity contribution >= 4 is 33.5 Å². The van der Waals surface area contributed by atoms with Gasteiger partial charge in [-0.05, 0) is 97.7 Å². The first kappa shape index (κ1) is 23.3. The summed E-state index contributed by atoms with van der Waals surface area (Å²) in [5.74, 6) is 1.82. The average Bonchev–Trinajstić information content (AvgIpc) is 3.36. The predicted molar refractivity (Wildman–Crippen MR) is 145 cm³/mol. The summed E-state index contributed by atoms with van der Waals surface area (Å²) in [6.45, 7) is 2.24. The van der Waals surface area contributed by atoms with Crippen LogP contribution in [0.5, 0.6) is 0 Å². The first-order chi connectivity index (χ1) is 18.0. The molecule has 5 aromatic rings. The van der Waals surface area contributed by atoms with Crippen molar-refractivity contribution in [3.8, 4) is 0 Å². The van der Waals surface area contributed by atoms with Crippen LogP contribution in [0.25, 0.3) is 21.9 Å². The van der Waals surface area contributed by atoms with Gasteiger partial charge in [-0.1, -0.05) is 25.1 Å². The number of H-pyrrole nitrogens is 1. The Bertz CT molecular complexity index is 1570. The molecule has 0 unspecified atom stereocenters. The quantitative estimate of drug-likeness (QED) is 0.266. The average molecular weight is 493 g/mol. The molecule has 0 bridgehead atoms. The van der Waals surface area contributed by atoms with E-state index in [2.05, 4.69) is 28.3 Å². The molecule has 6 rings (SSSR count). The summed E-state index contributed by atoms with van der Waals surface area (Å²) < 4.78 is 13.9. The van der Waals surface area contributed by atoms with Crippen LogP contribution in [-0.4, -0.2) is 20.9 Å². The van der Waals surface area contributed by atoms with Gasteiger partial charge in [0.1, 0.15) is 11.6 Å². The topological polar surface area (TPSA) is 70.7 Å². The Hall–Kier alpha value is -4.06. The first-order valence-electron chi connectivity index (χ1n) is 13.0. The van der Waals surface area contributed by atoms with Crippen molar-refractivity contribution in [2.24, 2.45) is 5.92 Å². The molecule has 37 heavy (non-hydrogen) atoms. The molecule has 0 saturated heterocycles. The number of aromatic amines is 1. The molecule has 6 heteroatoms. The van der Waals surface area contributed by atoms with E-state index >= 15 is 0 Å². The van der Waals surface area contributed by atoms with E-state index in [9.17, 15) is 9.18 Å². The molecule has 2 N–H and O–H groups in total. The summed E-state index contributed by atoms with van der Waals surface area (Å²) in [6, 6.07) is 22.0. The fraction of sp³-hybridized carbons (Fsp3) is 0.258. The number of imidazole rings is 1. The second-order valence-corrected chi connectivity index (χ2v) is 10.1. The summed E-state index contributed by atoms with van der Waals surface area (Å²) in [6.07, 6.45) is 6.15. The van der Waals surface area contributed by atoms with Gasteiger partial charge < -0.3 is 10.3 Å². The summed E-state index contributed by atoms with van der Waals surface area (Å²) in [7, 11) is 0. The maximum atomic E-state index is 13.9. The number of fused-ring (bicyclic) bond motifs is 2. The van der Waals surface area contributed by atoms with Crippen LogP contribution >= 0.6 is 0 Å². The van der Waals surface area contributed by atoms with Crippen LogP contribution in [0.1, 0.15) is 66.2 Å². The monoisotopic (exact) mass is 492 g/mol. The molecule has 0 aliphatic heterocycles. The second-order valence-electron chi connectivity index (χ2n) is 10.1. The van der Waals surface area contributed by atoms with Gasteiger partial charge in [0.15, 0.2) is 0 Å². The standard InChI is InChI=1S/C31H29FN4O/c1-19(20-7-9-21(10-8-20)25-15-16-33-27-14-12-23(32)18-26(25)27)30-35-28-13-11-22(17-29(28)36-30)31(37)34-24-5-3-2-4-6-24/h2-6,11-21H,7-10H2,1H3,(H,34,37)(H,35,36)/t19-,20-,21-/m1/s1. The fourth-order valence-corrected chi connectivity index (χ4v) is 5.76. The van der Waals surface area contributed by atoms with Gasteiger partial charge in [0, 0.05) is 28.8 Å². The Labute approximate surface area is 215 Å². The van der Waals surface area contributed by atoms with Crippen LogP contribution in [0.15, 0.2) is 79.0 Å². The number of pyridine rings is 1. The molecule has 1 saturated carbocycles. The van der Waals surface area contributed by atoms with Crippen LogP contribution in [0.3, 0.4) is 0 Å². The Kier molecular flexibility index (Phi) is 6.16. The number of aromatic nitrogens is 3. The van der Waals surface area contributed by atoms with Gasteiger partial charge in [0.2, 0.25) is 0 Å². The minimum absolute atomic E-state index is 0.140.